The van der Waals surface area contributed by atoms with Gasteiger partial charge in [0.1, 0.15) is 11.0 Å². The third kappa shape index (κ3) is 3.75. The van der Waals surface area contributed by atoms with Gasteiger partial charge in [-0.25, -0.2) is 0 Å². The zero-order valence-corrected chi connectivity index (χ0v) is 27.6. The average molecular weight is 641 g/mol. The summed E-state index contributed by atoms with van der Waals surface area (Å²) in [5.74, 6) is 0. The van der Waals surface area contributed by atoms with Gasteiger partial charge in [-0.15, -0.1) is 0 Å². The predicted octanol–water partition coefficient (Wildman–Crippen LogP) is 10.6. The molecule has 0 bridgehead atoms. The molecule has 3 heteroatoms. The molecule has 236 valence electrons. The summed E-state index contributed by atoms with van der Waals surface area (Å²) in [6.07, 6.45) is 3.27. The standard InChI is InChI=1S/C47H32N2O/c1-47-26-25-38-37-16-8-10-18-44(37)50-46(38)45(47)40-28-39-36-15-7-9-17-41(36)48(42(39)29-43(40)49(47)35-13-3-2-4-14-35)34-23-21-31(22-24-34)33-20-19-30-11-5-6-12-32(30)27-33/h2-25,27-29H,26H2,1H3. The lowest BCUT2D eigenvalue weighted by molar-refractivity contribution is 0.542. The van der Waals surface area contributed by atoms with Crippen LogP contribution in [-0.2, 0) is 0 Å². The molecule has 0 saturated carbocycles. The van der Waals surface area contributed by atoms with Crippen LogP contribution in [0.4, 0.5) is 11.4 Å². The third-order valence-electron chi connectivity index (χ3n) is 11.1. The number of hydrogen-bond acceptors (Lipinski definition) is 2. The molecular weight excluding hydrogens is 609 g/mol. The number of rotatable bonds is 3. The molecule has 2 aliphatic rings. The van der Waals surface area contributed by atoms with E-state index in [-0.39, 0.29) is 5.54 Å². The highest BCUT2D eigenvalue weighted by Crippen LogP contribution is 2.54. The molecule has 3 nitrogen and oxygen atoms in total. The Labute approximate surface area is 289 Å². The Morgan fingerprint density at radius 1 is 0.560 bits per heavy atom. The van der Waals surface area contributed by atoms with Crippen LogP contribution in [-0.4, -0.2) is 10.1 Å². The first-order chi connectivity index (χ1) is 24.7. The van der Waals surface area contributed by atoms with Crippen LogP contribution < -0.4 is 15.5 Å². The van der Waals surface area contributed by atoms with Crippen molar-refractivity contribution in [3.05, 3.63) is 174 Å². The first kappa shape index (κ1) is 27.6. The minimum absolute atomic E-state index is 0.314. The first-order valence-electron chi connectivity index (χ1n) is 17.4. The number of fused-ring (bicyclic) bond motifs is 10. The van der Waals surface area contributed by atoms with Crippen LogP contribution in [0.1, 0.15) is 18.9 Å². The minimum atomic E-state index is -0.314. The number of aromatic nitrogens is 1. The van der Waals surface area contributed by atoms with Gasteiger partial charge in [-0.2, -0.15) is 0 Å². The number of hydrogen-bond donors (Lipinski definition) is 0. The van der Waals surface area contributed by atoms with Gasteiger partial charge in [0, 0.05) is 43.9 Å². The molecule has 3 heterocycles. The Morgan fingerprint density at radius 3 is 2.14 bits per heavy atom. The van der Waals surface area contributed by atoms with Gasteiger partial charge in [0.25, 0.3) is 0 Å². The Balaban J connectivity index is 1.17. The number of nitrogens with zero attached hydrogens (tertiary/aromatic N) is 2. The number of furan rings is 1. The fourth-order valence-corrected chi connectivity index (χ4v) is 8.82. The Kier molecular flexibility index (Phi) is 5.58. The van der Waals surface area contributed by atoms with Crippen LogP contribution in [0.15, 0.2) is 162 Å². The van der Waals surface area contributed by atoms with E-state index in [1.54, 1.807) is 0 Å². The molecule has 0 fully saturated rings. The van der Waals surface area contributed by atoms with Gasteiger partial charge in [0.2, 0.25) is 0 Å². The Morgan fingerprint density at radius 2 is 1.28 bits per heavy atom. The lowest BCUT2D eigenvalue weighted by atomic mass is 9.83. The second kappa shape index (κ2) is 10.1. The van der Waals surface area contributed by atoms with E-state index < -0.39 is 0 Å². The van der Waals surface area contributed by atoms with Crippen molar-refractivity contribution in [1.82, 2.24) is 4.57 Å². The number of anilines is 2. The molecule has 0 amide bonds. The second-order valence-corrected chi connectivity index (χ2v) is 13.9. The molecule has 1 unspecified atom stereocenters. The van der Waals surface area contributed by atoms with Crippen molar-refractivity contribution in [1.29, 1.82) is 0 Å². The fourth-order valence-electron chi connectivity index (χ4n) is 8.82. The van der Waals surface area contributed by atoms with Crippen molar-refractivity contribution in [2.45, 2.75) is 18.9 Å². The SMILES string of the molecule is CC12CC=c3c(oc4ccccc34)=C1c1cc3c4ccccc4n(-c4ccc(-c5ccc6ccccc6c5)cc4)c3cc1N2c1ccccc1. The Hall–Kier alpha value is -6.32. The topological polar surface area (TPSA) is 21.3 Å². The molecule has 0 radical (unpaired) electrons. The maximum absolute atomic E-state index is 6.76. The molecule has 1 aliphatic heterocycles. The number of benzene rings is 7. The van der Waals surface area contributed by atoms with Crippen molar-refractivity contribution in [3.63, 3.8) is 0 Å². The van der Waals surface area contributed by atoms with Crippen LogP contribution in [0.3, 0.4) is 0 Å². The van der Waals surface area contributed by atoms with Crippen LogP contribution in [0, 0.1) is 0 Å². The molecule has 2 aromatic heterocycles. The minimum Gasteiger partial charge on any atom is -0.456 e. The molecule has 0 N–H and O–H groups in total. The van der Waals surface area contributed by atoms with E-state index in [1.165, 1.54) is 76.8 Å². The van der Waals surface area contributed by atoms with Crippen LogP contribution in [0.2, 0.25) is 0 Å². The summed E-state index contributed by atoms with van der Waals surface area (Å²) in [4.78, 5) is 2.55. The number of para-hydroxylation sites is 3. The monoisotopic (exact) mass is 640 g/mol. The summed E-state index contributed by atoms with van der Waals surface area (Å²) in [6.45, 7) is 2.38. The Bertz CT molecular complexity index is 2970. The van der Waals surface area contributed by atoms with E-state index in [0.717, 1.165) is 23.1 Å². The smallest absolute Gasteiger partial charge is 0.141 e. The lowest BCUT2D eigenvalue weighted by Crippen LogP contribution is -2.46. The average Bonchev–Trinajstić information content (AvgIpc) is 3.78. The normalized spacial score (nSPS) is 16.6. The summed E-state index contributed by atoms with van der Waals surface area (Å²) < 4.78 is 9.19. The van der Waals surface area contributed by atoms with E-state index in [9.17, 15) is 0 Å². The highest BCUT2D eigenvalue weighted by atomic mass is 16.3. The zero-order chi connectivity index (χ0) is 33.0. The summed E-state index contributed by atoms with van der Waals surface area (Å²) >= 11 is 0. The van der Waals surface area contributed by atoms with Gasteiger partial charge in [-0.05, 0) is 89.8 Å². The van der Waals surface area contributed by atoms with E-state index >= 15 is 0 Å². The molecular formula is C47H32N2O. The van der Waals surface area contributed by atoms with Gasteiger partial charge in [-0.3, -0.25) is 0 Å². The molecule has 9 aromatic rings. The van der Waals surface area contributed by atoms with Crippen molar-refractivity contribution in [2.75, 3.05) is 4.90 Å². The summed E-state index contributed by atoms with van der Waals surface area (Å²) in [5, 5.41) is 7.40. The molecule has 0 saturated heterocycles. The third-order valence-corrected chi connectivity index (χ3v) is 11.1. The van der Waals surface area contributed by atoms with Crippen LogP contribution >= 0.6 is 0 Å². The molecule has 1 atom stereocenters. The van der Waals surface area contributed by atoms with Gasteiger partial charge < -0.3 is 13.9 Å². The summed E-state index contributed by atoms with van der Waals surface area (Å²) in [5.41, 5.74) is 12.5. The van der Waals surface area contributed by atoms with Gasteiger partial charge in [-0.1, -0.05) is 109 Å². The first-order valence-corrected chi connectivity index (χ1v) is 17.4. The molecule has 7 aromatic carbocycles. The van der Waals surface area contributed by atoms with Crippen molar-refractivity contribution in [2.24, 2.45) is 0 Å². The van der Waals surface area contributed by atoms with Crippen LogP contribution in [0.5, 0.6) is 0 Å². The second-order valence-electron chi connectivity index (χ2n) is 13.9. The molecule has 50 heavy (non-hydrogen) atoms. The largest absolute Gasteiger partial charge is 0.456 e. The highest BCUT2D eigenvalue weighted by molar-refractivity contribution is 6.13. The van der Waals surface area contributed by atoms with Crippen molar-refractivity contribution >= 4 is 66.6 Å². The van der Waals surface area contributed by atoms with Gasteiger partial charge >= 0.3 is 0 Å². The van der Waals surface area contributed by atoms with Gasteiger partial charge in [0.15, 0.2) is 0 Å². The molecule has 11 rings (SSSR count). The quantitative estimate of drug-likeness (QED) is 0.192. The highest BCUT2D eigenvalue weighted by Gasteiger charge is 2.47. The predicted molar refractivity (Wildman–Crippen MR) is 208 cm³/mol. The van der Waals surface area contributed by atoms with E-state index in [4.69, 9.17) is 4.42 Å². The summed E-state index contributed by atoms with van der Waals surface area (Å²) in [7, 11) is 0. The lowest BCUT2D eigenvalue weighted by Gasteiger charge is -2.38. The fraction of sp³-hybridized carbons (Fsp3) is 0.0638. The van der Waals surface area contributed by atoms with Gasteiger partial charge in [0.05, 0.1) is 22.3 Å². The summed E-state index contributed by atoms with van der Waals surface area (Å²) in [6, 6.07) is 57.3. The molecule has 1 aliphatic carbocycles. The van der Waals surface area contributed by atoms with E-state index in [1.807, 2.05) is 0 Å². The molecule has 0 spiro atoms. The van der Waals surface area contributed by atoms with E-state index in [2.05, 4.69) is 180 Å². The van der Waals surface area contributed by atoms with E-state index in [0.29, 0.717) is 0 Å². The maximum atomic E-state index is 6.76. The van der Waals surface area contributed by atoms with Crippen LogP contribution in [0.25, 0.3) is 72.0 Å². The maximum Gasteiger partial charge on any atom is 0.141 e. The van der Waals surface area contributed by atoms with Crippen molar-refractivity contribution < 1.29 is 4.42 Å². The van der Waals surface area contributed by atoms with Crippen molar-refractivity contribution in [3.8, 4) is 16.8 Å². The zero-order valence-electron chi connectivity index (χ0n) is 27.6.